The molecule has 1 aliphatic carbocycles. The third kappa shape index (κ3) is 5.48. The second kappa shape index (κ2) is 8.64. The van der Waals surface area contributed by atoms with Crippen LogP contribution in [-0.4, -0.2) is 35.1 Å². The Balaban J connectivity index is 2.08. The predicted molar refractivity (Wildman–Crippen MR) is 79.5 cm³/mol. The first-order chi connectivity index (χ1) is 8.72. The van der Waals surface area contributed by atoms with E-state index in [-0.39, 0.29) is 0 Å². The Morgan fingerprint density at radius 1 is 1.33 bits per heavy atom. The van der Waals surface area contributed by atoms with Crippen LogP contribution in [0.15, 0.2) is 5.16 Å². The average Bonchev–Trinajstić information content (AvgIpc) is 2.43. The maximum Gasteiger partial charge on any atom is 0.139 e. The molecule has 0 radical (unpaired) electrons. The van der Waals surface area contributed by atoms with E-state index in [1.807, 2.05) is 11.8 Å². The molecule has 0 amide bonds. The SMILES string of the molecule is CSC1(CNCCCCC(N)=NO)CCCCC1. The van der Waals surface area contributed by atoms with Gasteiger partial charge in [-0.25, -0.2) is 0 Å². The molecule has 1 rings (SSSR count). The van der Waals surface area contributed by atoms with Crippen LogP contribution in [0.4, 0.5) is 0 Å². The Labute approximate surface area is 115 Å². The summed E-state index contributed by atoms with van der Waals surface area (Å²) in [7, 11) is 0. The number of amidine groups is 1. The number of nitrogens with zero attached hydrogens (tertiary/aromatic N) is 1. The van der Waals surface area contributed by atoms with Crippen LogP contribution in [0.5, 0.6) is 0 Å². The molecule has 0 aromatic rings. The number of hydrogen-bond donors (Lipinski definition) is 3. The van der Waals surface area contributed by atoms with Gasteiger partial charge in [-0.3, -0.25) is 0 Å². The van der Waals surface area contributed by atoms with Crippen molar-refractivity contribution >= 4 is 17.6 Å². The zero-order chi connectivity index (χ0) is 13.3. The Morgan fingerprint density at radius 2 is 2.06 bits per heavy atom. The minimum absolute atomic E-state index is 0.336. The highest BCUT2D eigenvalue weighted by Gasteiger charge is 2.30. The lowest BCUT2D eigenvalue weighted by Crippen LogP contribution is -2.39. The van der Waals surface area contributed by atoms with Gasteiger partial charge in [0.15, 0.2) is 0 Å². The standard InChI is InChI=1S/C13H27N3OS/c1-18-13(8-4-2-5-9-13)11-15-10-6-3-7-12(14)16-17/h15,17H,2-11H2,1H3,(H2,14,16). The van der Waals surface area contributed by atoms with Crippen molar-refractivity contribution in [3.8, 4) is 0 Å². The fourth-order valence-corrected chi connectivity index (χ4v) is 3.51. The van der Waals surface area contributed by atoms with Gasteiger partial charge in [-0.2, -0.15) is 11.8 Å². The topological polar surface area (TPSA) is 70.6 Å². The molecule has 106 valence electrons. The number of nitrogens with two attached hydrogens (primary N) is 1. The zero-order valence-electron chi connectivity index (χ0n) is 11.5. The summed E-state index contributed by atoms with van der Waals surface area (Å²) >= 11 is 2.03. The Hall–Kier alpha value is -0.420. The molecule has 0 aromatic heterocycles. The summed E-state index contributed by atoms with van der Waals surface area (Å²) in [6.07, 6.45) is 11.9. The van der Waals surface area contributed by atoms with Crippen molar-refractivity contribution < 1.29 is 5.21 Å². The van der Waals surface area contributed by atoms with Crippen LogP contribution in [0.1, 0.15) is 51.4 Å². The molecule has 0 bridgehead atoms. The highest BCUT2D eigenvalue weighted by molar-refractivity contribution is 8.00. The van der Waals surface area contributed by atoms with Crippen LogP contribution in [0, 0.1) is 0 Å². The van der Waals surface area contributed by atoms with E-state index in [0.717, 1.165) is 25.9 Å². The van der Waals surface area contributed by atoms with Crippen LogP contribution in [0.3, 0.4) is 0 Å². The van der Waals surface area contributed by atoms with Crippen molar-refractivity contribution in [2.45, 2.75) is 56.1 Å². The number of nitrogens with one attached hydrogen (secondary N) is 1. The lowest BCUT2D eigenvalue weighted by Gasteiger charge is -2.36. The second-order valence-corrected chi connectivity index (χ2v) is 6.45. The summed E-state index contributed by atoms with van der Waals surface area (Å²) in [4.78, 5) is 0. The number of rotatable bonds is 8. The van der Waals surface area contributed by atoms with Crippen LogP contribution < -0.4 is 11.1 Å². The smallest absolute Gasteiger partial charge is 0.139 e. The van der Waals surface area contributed by atoms with E-state index < -0.39 is 0 Å². The number of oxime groups is 1. The monoisotopic (exact) mass is 273 g/mol. The van der Waals surface area contributed by atoms with E-state index in [9.17, 15) is 0 Å². The molecule has 0 unspecified atom stereocenters. The molecule has 0 heterocycles. The molecule has 0 saturated heterocycles. The van der Waals surface area contributed by atoms with Crippen molar-refractivity contribution in [1.29, 1.82) is 0 Å². The maximum atomic E-state index is 8.42. The molecule has 0 atom stereocenters. The van der Waals surface area contributed by atoms with E-state index in [2.05, 4.69) is 16.7 Å². The molecular formula is C13H27N3OS. The molecule has 0 spiro atoms. The number of unbranched alkanes of at least 4 members (excludes halogenated alkanes) is 1. The first kappa shape index (κ1) is 15.6. The molecular weight excluding hydrogens is 246 g/mol. The lowest BCUT2D eigenvalue weighted by atomic mass is 9.88. The fourth-order valence-electron chi connectivity index (χ4n) is 2.57. The van der Waals surface area contributed by atoms with Gasteiger partial charge in [0.05, 0.1) is 0 Å². The van der Waals surface area contributed by atoms with Gasteiger partial charge in [-0.1, -0.05) is 24.4 Å². The van der Waals surface area contributed by atoms with Gasteiger partial charge in [0.1, 0.15) is 5.84 Å². The van der Waals surface area contributed by atoms with Gasteiger partial charge in [0.25, 0.3) is 0 Å². The quantitative estimate of drug-likeness (QED) is 0.209. The molecule has 0 aromatic carbocycles. The van der Waals surface area contributed by atoms with Gasteiger partial charge in [0, 0.05) is 17.7 Å². The number of thioether (sulfide) groups is 1. The third-order valence-corrected chi connectivity index (χ3v) is 5.23. The first-order valence-corrected chi connectivity index (χ1v) is 8.17. The Bertz CT molecular complexity index is 253. The van der Waals surface area contributed by atoms with Crippen LogP contribution in [-0.2, 0) is 0 Å². The van der Waals surface area contributed by atoms with E-state index in [1.165, 1.54) is 32.1 Å². The van der Waals surface area contributed by atoms with Gasteiger partial charge >= 0.3 is 0 Å². The van der Waals surface area contributed by atoms with Crippen molar-refractivity contribution in [2.24, 2.45) is 10.9 Å². The van der Waals surface area contributed by atoms with E-state index in [1.54, 1.807) is 0 Å². The average molecular weight is 273 g/mol. The minimum Gasteiger partial charge on any atom is -0.409 e. The normalized spacial score (nSPS) is 19.9. The van der Waals surface area contributed by atoms with Gasteiger partial charge in [-0.05, 0) is 38.5 Å². The molecule has 1 aliphatic rings. The lowest BCUT2D eigenvalue weighted by molar-refractivity contribution is 0.316. The molecule has 5 heteroatoms. The molecule has 1 fully saturated rings. The Morgan fingerprint density at radius 3 is 2.67 bits per heavy atom. The van der Waals surface area contributed by atoms with Crippen molar-refractivity contribution in [2.75, 3.05) is 19.3 Å². The first-order valence-electron chi connectivity index (χ1n) is 6.95. The summed E-state index contributed by atoms with van der Waals surface area (Å²) in [5.74, 6) is 0.336. The highest BCUT2D eigenvalue weighted by Crippen LogP contribution is 2.37. The van der Waals surface area contributed by atoms with Crippen LogP contribution >= 0.6 is 11.8 Å². The summed E-state index contributed by atoms with van der Waals surface area (Å²) in [6, 6.07) is 0. The van der Waals surface area contributed by atoms with Gasteiger partial charge < -0.3 is 16.3 Å². The predicted octanol–water partition coefficient (Wildman–Crippen LogP) is 2.56. The minimum atomic E-state index is 0.336. The Kier molecular flexibility index (Phi) is 7.51. The van der Waals surface area contributed by atoms with Crippen molar-refractivity contribution in [1.82, 2.24) is 5.32 Å². The molecule has 1 saturated carbocycles. The third-order valence-electron chi connectivity index (χ3n) is 3.81. The summed E-state index contributed by atoms with van der Waals surface area (Å²) in [5.41, 5.74) is 5.42. The fraction of sp³-hybridized carbons (Fsp3) is 0.923. The number of hydrogen-bond acceptors (Lipinski definition) is 4. The molecule has 0 aliphatic heterocycles. The van der Waals surface area contributed by atoms with Crippen molar-refractivity contribution in [3.63, 3.8) is 0 Å². The molecule has 4 nitrogen and oxygen atoms in total. The van der Waals surface area contributed by atoms with Crippen LogP contribution in [0.25, 0.3) is 0 Å². The largest absolute Gasteiger partial charge is 0.409 e. The van der Waals surface area contributed by atoms with E-state index in [4.69, 9.17) is 10.9 Å². The molecule has 4 N–H and O–H groups in total. The van der Waals surface area contributed by atoms with E-state index in [0.29, 0.717) is 17.0 Å². The zero-order valence-corrected chi connectivity index (χ0v) is 12.3. The van der Waals surface area contributed by atoms with Crippen molar-refractivity contribution in [3.05, 3.63) is 0 Å². The van der Waals surface area contributed by atoms with Gasteiger partial charge in [0.2, 0.25) is 0 Å². The summed E-state index contributed by atoms with van der Waals surface area (Å²) in [5, 5.41) is 15.0. The van der Waals surface area contributed by atoms with Gasteiger partial charge in [-0.15, -0.1) is 0 Å². The van der Waals surface area contributed by atoms with E-state index >= 15 is 0 Å². The van der Waals surface area contributed by atoms with Crippen LogP contribution in [0.2, 0.25) is 0 Å². The second-order valence-electron chi connectivity index (χ2n) is 5.17. The maximum absolute atomic E-state index is 8.42. The summed E-state index contributed by atoms with van der Waals surface area (Å²) in [6.45, 7) is 2.15. The summed E-state index contributed by atoms with van der Waals surface area (Å²) < 4.78 is 0.476. The molecule has 18 heavy (non-hydrogen) atoms. The highest BCUT2D eigenvalue weighted by atomic mass is 32.2.